The summed E-state index contributed by atoms with van der Waals surface area (Å²) in [6.07, 6.45) is -0.115. The van der Waals surface area contributed by atoms with Crippen LogP contribution in [0.5, 0.6) is 0 Å². The zero-order valence-corrected chi connectivity index (χ0v) is 11.1. The van der Waals surface area contributed by atoms with Crippen molar-refractivity contribution in [3.05, 3.63) is 10.2 Å². The summed E-state index contributed by atoms with van der Waals surface area (Å²) < 4.78 is 1.98. The quantitative estimate of drug-likeness (QED) is 0.850. The monoisotopic (exact) mass is 313 g/mol. The van der Waals surface area contributed by atoms with Crippen molar-refractivity contribution >= 4 is 27.8 Å². The number of nitrogens with zero attached hydrogens (tertiary/aromatic N) is 4. The van der Waals surface area contributed by atoms with Crippen LogP contribution in [0.2, 0.25) is 0 Å². The lowest BCUT2D eigenvalue weighted by Crippen LogP contribution is -2.27. The van der Waals surface area contributed by atoms with Gasteiger partial charge < -0.3 is 15.7 Å². The zero-order chi connectivity index (χ0) is 13.3. The number of hydrogen-bond acceptors (Lipinski definition) is 4. The smallest absolute Gasteiger partial charge is 0.407 e. The van der Waals surface area contributed by atoms with Gasteiger partial charge >= 0.3 is 6.09 Å². The first-order chi connectivity index (χ1) is 8.52. The molecule has 1 amide bonds. The molecule has 0 unspecified atom stereocenters. The van der Waals surface area contributed by atoms with E-state index in [0.717, 1.165) is 6.42 Å². The molecule has 0 spiro atoms. The fraction of sp³-hybridized carbons (Fsp3) is 0.500. The Morgan fingerprint density at radius 1 is 1.72 bits per heavy atom. The summed E-state index contributed by atoms with van der Waals surface area (Å²) >= 11 is 3.17. The second kappa shape index (κ2) is 4.86. The van der Waals surface area contributed by atoms with E-state index in [4.69, 9.17) is 16.1 Å². The molecule has 0 saturated carbocycles. The molecule has 3 N–H and O–H groups in total. The molecule has 0 bridgehead atoms. The van der Waals surface area contributed by atoms with E-state index >= 15 is 0 Å². The minimum absolute atomic E-state index is 0.182. The molecule has 1 aromatic rings. The fourth-order valence-corrected chi connectivity index (χ4v) is 2.57. The highest BCUT2D eigenvalue weighted by molar-refractivity contribution is 9.10. The Morgan fingerprint density at radius 3 is 2.94 bits per heavy atom. The zero-order valence-electron chi connectivity index (χ0n) is 9.51. The number of rotatable bonds is 2. The van der Waals surface area contributed by atoms with Gasteiger partial charge in [0.05, 0.1) is 0 Å². The summed E-state index contributed by atoms with van der Waals surface area (Å²) in [5.74, 6) is 0.500. The molecule has 1 aromatic heterocycles. The van der Waals surface area contributed by atoms with Crippen LogP contribution in [-0.2, 0) is 6.54 Å². The molecule has 0 aliphatic carbocycles. The lowest BCUT2D eigenvalue weighted by molar-refractivity contribution is 0.153. The molecule has 1 atom stereocenters. The maximum atomic E-state index is 10.8. The highest BCUT2D eigenvalue weighted by Gasteiger charge is 2.27. The van der Waals surface area contributed by atoms with Gasteiger partial charge in [0.2, 0.25) is 0 Å². The summed E-state index contributed by atoms with van der Waals surface area (Å²) in [7, 11) is 0. The Hall–Kier alpha value is -1.75. The molecule has 8 heteroatoms. The molecule has 96 valence electrons. The lowest BCUT2D eigenvalue weighted by atomic mass is 10.1. The van der Waals surface area contributed by atoms with Gasteiger partial charge in [0.25, 0.3) is 0 Å². The van der Waals surface area contributed by atoms with Gasteiger partial charge in [-0.1, -0.05) is 0 Å². The van der Waals surface area contributed by atoms with Crippen LogP contribution in [0.25, 0.3) is 0 Å². The number of carboxylic acid groups (broad SMARTS) is 1. The van der Waals surface area contributed by atoms with Crippen LogP contribution in [0, 0.1) is 17.2 Å². The molecule has 1 aliphatic heterocycles. The standard InChI is InChI=1S/C10H12BrN5O2/c11-8-7(3-12)9(13)16(14-8)5-6-1-2-15(4-6)10(17)18/h6H,1-2,4-5,13H2,(H,17,18)/t6-/m1/s1. The molecule has 1 aliphatic rings. The second-order valence-electron chi connectivity index (χ2n) is 4.23. The van der Waals surface area contributed by atoms with Crippen LogP contribution in [0.3, 0.4) is 0 Å². The first kappa shape index (κ1) is 12.7. The number of nitriles is 1. The Balaban J connectivity index is 2.08. The van der Waals surface area contributed by atoms with Crippen molar-refractivity contribution in [1.82, 2.24) is 14.7 Å². The number of nitrogens with two attached hydrogens (primary N) is 1. The predicted octanol–water partition coefficient (Wildman–Crippen LogP) is 1.10. The van der Waals surface area contributed by atoms with Gasteiger partial charge in [-0.15, -0.1) is 0 Å². The molecule has 1 fully saturated rings. The van der Waals surface area contributed by atoms with Crippen LogP contribution in [-0.4, -0.2) is 39.0 Å². The molecular formula is C10H12BrN5O2. The van der Waals surface area contributed by atoms with E-state index in [1.807, 2.05) is 6.07 Å². The summed E-state index contributed by atoms with van der Waals surface area (Å²) in [5.41, 5.74) is 6.13. The van der Waals surface area contributed by atoms with Crippen molar-refractivity contribution in [3.8, 4) is 6.07 Å². The number of aromatic nitrogens is 2. The van der Waals surface area contributed by atoms with Gasteiger partial charge in [0.15, 0.2) is 0 Å². The van der Waals surface area contributed by atoms with Gasteiger partial charge in [0, 0.05) is 19.6 Å². The third kappa shape index (κ3) is 2.26. The van der Waals surface area contributed by atoms with E-state index in [1.165, 1.54) is 4.90 Å². The lowest BCUT2D eigenvalue weighted by Gasteiger charge is -2.12. The van der Waals surface area contributed by atoms with Gasteiger partial charge in [-0.25, -0.2) is 9.48 Å². The first-order valence-corrected chi connectivity index (χ1v) is 6.22. The largest absolute Gasteiger partial charge is 0.465 e. The van der Waals surface area contributed by atoms with Gasteiger partial charge in [-0.3, -0.25) is 0 Å². The second-order valence-corrected chi connectivity index (χ2v) is 4.98. The molecule has 1 saturated heterocycles. The maximum Gasteiger partial charge on any atom is 0.407 e. The Bertz CT molecular complexity index is 521. The fourth-order valence-electron chi connectivity index (χ4n) is 2.09. The topological polar surface area (TPSA) is 108 Å². The van der Waals surface area contributed by atoms with Crippen LogP contribution >= 0.6 is 15.9 Å². The van der Waals surface area contributed by atoms with Crippen LogP contribution in [0.15, 0.2) is 4.60 Å². The van der Waals surface area contributed by atoms with Gasteiger partial charge in [0.1, 0.15) is 22.1 Å². The van der Waals surface area contributed by atoms with Crippen molar-refractivity contribution in [3.63, 3.8) is 0 Å². The minimum atomic E-state index is -0.898. The Labute approximate surface area is 112 Å². The van der Waals surface area contributed by atoms with Crippen molar-refractivity contribution < 1.29 is 9.90 Å². The average Bonchev–Trinajstić information content (AvgIpc) is 2.86. The Kier molecular flexibility index (Phi) is 3.43. The van der Waals surface area contributed by atoms with Crippen molar-refractivity contribution in [2.24, 2.45) is 5.92 Å². The minimum Gasteiger partial charge on any atom is -0.465 e. The SMILES string of the molecule is N#Cc1c(Br)nn(C[C@@H]2CCN(C(=O)O)C2)c1N. The number of amides is 1. The Morgan fingerprint density at radius 2 is 2.44 bits per heavy atom. The summed E-state index contributed by atoms with van der Waals surface area (Å²) in [6, 6.07) is 1.98. The number of anilines is 1. The third-order valence-electron chi connectivity index (χ3n) is 3.05. The van der Waals surface area contributed by atoms with Crippen molar-refractivity contribution in [1.29, 1.82) is 5.26 Å². The number of halogens is 1. The molecule has 2 heterocycles. The van der Waals surface area contributed by atoms with E-state index in [9.17, 15) is 4.79 Å². The summed E-state index contributed by atoms with van der Waals surface area (Å²) in [6.45, 7) is 1.54. The molecular weight excluding hydrogens is 302 g/mol. The van der Waals surface area contributed by atoms with E-state index in [1.54, 1.807) is 4.68 Å². The van der Waals surface area contributed by atoms with E-state index in [2.05, 4.69) is 21.0 Å². The van der Waals surface area contributed by atoms with Crippen LogP contribution in [0.1, 0.15) is 12.0 Å². The van der Waals surface area contributed by atoms with Crippen LogP contribution < -0.4 is 5.73 Å². The van der Waals surface area contributed by atoms with Crippen molar-refractivity contribution in [2.45, 2.75) is 13.0 Å². The molecule has 7 nitrogen and oxygen atoms in total. The summed E-state index contributed by atoms with van der Waals surface area (Å²) in [4.78, 5) is 12.2. The van der Waals surface area contributed by atoms with E-state index < -0.39 is 6.09 Å². The number of carbonyl (C=O) groups is 1. The predicted molar refractivity (Wildman–Crippen MR) is 66.8 cm³/mol. The van der Waals surface area contributed by atoms with E-state index in [-0.39, 0.29) is 5.92 Å². The number of likely N-dealkylation sites (tertiary alicyclic amines) is 1. The highest BCUT2D eigenvalue weighted by Crippen LogP contribution is 2.24. The van der Waals surface area contributed by atoms with Gasteiger partial charge in [-0.2, -0.15) is 10.4 Å². The molecule has 18 heavy (non-hydrogen) atoms. The van der Waals surface area contributed by atoms with Crippen LogP contribution in [0.4, 0.5) is 10.6 Å². The summed E-state index contributed by atoms with van der Waals surface area (Å²) in [5, 5.41) is 21.9. The molecule has 2 rings (SSSR count). The third-order valence-corrected chi connectivity index (χ3v) is 3.60. The first-order valence-electron chi connectivity index (χ1n) is 5.42. The van der Waals surface area contributed by atoms with Crippen molar-refractivity contribution in [2.75, 3.05) is 18.8 Å². The number of nitrogen functional groups attached to an aromatic ring is 1. The van der Waals surface area contributed by atoms with Gasteiger partial charge in [-0.05, 0) is 28.3 Å². The van der Waals surface area contributed by atoms with E-state index in [0.29, 0.717) is 35.6 Å². The normalized spacial score (nSPS) is 18.9. The maximum absolute atomic E-state index is 10.8. The molecule has 0 aromatic carbocycles. The average molecular weight is 314 g/mol. The highest BCUT2D eigenvalue weighted by atomic mass is 79.9. The number of hydrogen-bond donors (Lipinski definition) is 2. The molecule has 0 radical (unpaired) electrons.